The topological polar surface area (TPSA) is 79.5 Å². The van der Waals surface area contributed by atoms with Gasteiger partial charge in [-0.05, 0) is 19.1 Å². The van der Waals surface area contributed by atoms with Crippen molar-refractivity contribution in [1.82, 2.24) is 0 Å². The molecule has 1 aromatic carbocycles. The van der Waals surface area contributed by atoms with Gasteiger partial charge >= 0.3 is 5.97 Å². The minimum Gasteiger partial charge on any atom is -0.490 e. The molecule has 0 spiro atoms. The predicted molar refractivity (Wildman–Crippen MR) is 60.1 cm³/mol. The Morgan fingerprint density at radius 1 is 1.41 bits per heavy atom. The van der Waals surface area contributed by atoms with Crippen molar-refractivity contribution in [2.45, 2.75) is 13.3 Å². The highest BCUT2D eigenvalue weighted by Gasteiger charge is 2.07. The van der Waals surface area contributed by atoms with Gasteiger partial charge < -0.3 is 14.6 Å². The van der Waals surface area contributed by atoms with E-state index < -0.39 is 5.97 Å². The Morgan fingerprint density at radius 3 is 2.76 bits per heavy atom. The van der Waals surface area contributed by atoms with Gasteiger partial charge in [-0.1, -0.05) is 0 Å². The lowest BCUT2D eigenvalue weighted by Crippen LogP contribution is -2.06. The molecule has 0 aliphatic carbocycles. The van der Waals surface area contributed by atoms with Crippen LogP contribution >= 0.6 is 0 Å². The molecule has 0 aliphatic heterocycles. The Balaban J connectivity index is 2.76. The number of carboxylic acid groups (broad SMARTS) is 1. The Morgan fingerprint density at radius 2 is 2.18 bits per heavy atom. The molecular formula is C12H13NO4. The summed E-state index contributed by atoms with van der Waals surface area (Å²) in [6.45, 7) is 2.34. The lowest BCUT2D eigenvalue weighted by atomic mass is 10.2. The maximum Gasteiger partial charge on any atom is 0.306 e. The lowest BCUT2D eigenvalue weighted by Gasteiger charge is -2.11. The van der Waals surface area contributed by atoms with E-state index in [1.807, 2.05) is 13.0 Å². The van der Waals surface area contributed by atoms with Gasteiger partial charge in [-0.2, -0.15) is 5.26 Å². The zero-order valence-corrected chi connectivity index (χ0v) is 9.47. The second kappa shape index (κ2) is 6.38. The quantitative estimate of drug-likeness (QED) is 0.813. The Labute approximate surface area is 99.2 Å². The van der Waals surface area contributed by atoms with Gasteiger partial charge in [0.05, 0.1) is 31.3 Å². The van der Waals surface area contributed by atoms with Crippen LogP contribution < -0.4 is 9.47 Å². The molecule has 0 saturated carbocycles. The number of hydrogen-bond donors (Lipinski definition) is 1. The highest BCUT2D eigenvalue weighted by atomic mass is 16.5. The lowest BCUT2D eigenvalue weighted by molar-refractivity contribution is -0.137. The van der Waals surface area contributed by atoms with E-state index in [1.54, 1.807) is 18.2 Å². The molecule has 5 heteroatoms. The van der Waals surface area contributed by atoms with Crippen LogP contribution in [0.1, 0.15) is 18.9 Å². The Kier molecular flexibility index (Phi) is 4.82. The first-order valence-corrected chi connectivity index (χ1v) is 5.19. The summed E-state index contributed by atoms with van der Waals surface area (Å²) >= 11 is 0. The summed E-state index contributed by atoms with van der Waals surface area (Å²) in [6, 6.07) is 6.77. The summed E-state index contributed by atoms with van der Waals surface area (Å²) in [5, 5.41) is 17.2. The van der Waals surface area contributed by atoms with Gasteiger partial charge in [-0.15, -0.1) is 0 Å². The van der Waals surface area contributed by atoms with E-state index in [-0.39, 0.29) is 13.0 Å². The first-order chi connectivity index (χ1) is 8.17. The smallest absolute Gasteiger partial charge is 0.306 e. The maximum atomic E-state index is 10.3. The van der Waals surface area contributed by atoms with Gasteiger partial charge in [0.2, 0.25) is 0 Å². The van der Waals surface area contributed by atoms with E-state index >= 15 is 0 Å². The van der Waals surface area contributed by atoms with E-state index in [0.717, 1.165) is 0 Å². The third-order valence-electron chi connectivity index (χ3n) is 1.95. The van der Waals surface area contributed by atoms with Crippen molar-refractivity contribution in [3.8, 4) is 17.6 Å². The number of rotatable bonds is 6. The van der Waals surface area contributed by atoms with Crippen molar-refractivity contribution in [3.05, 3.63) is 23.8 Å². The van der Waals surface area contributed by atoms with Crippen LogP contribution in [0, 0.1) is 11.3 Å². The number of hydrogen-bond acceptors (Lipinski definition) is 4. The number of aliphatic carboxylic acids is 1. The second-order valence-electron chi connectivity index (χ2n) is 3.20. The summed E-state index contributed by atoms with van der Waals surface area (Å²) in [6.07, 6.45) is -0.0778. The van der Waals surface area contributed by atoms with Crippen LogP contribution in [0.3, 0.4) is 0 Å². The van der Waals surface area contributed by atoms with Crippen molar-refractivity contribution in [2.24, 2.45) is 0 Å². The maximum absolute atomic E-state index is 10.3. The first kappa shape index (κ1) is 12.8. The van der Waals surface area contributed by atoms with Crippen LogP contribution in [0.4, 0.5) is 0 Å². The first-order valence-electron chi connectivity index (χ1n) is 5.19. The van der Waals surface area contributed by atoms with Gasteiger partial charge in [0.25, 0.3) is 0 Å². The largest absolute Gasteiger partial charge is 0.490 e. The van der Waals surface area contributed by atoms with E-state index in [0.29, 0.717) is 23.7 Å². The van der Waals surface area contributed by atoms with Gasteiger partial charge in [-0.3, -0.25) is 4.79 Å². The molecule has 0 fully saturated rings. The average molecular weight is 235 g/mol. The normalized spacial score (nSPS) is 9.41. The molecule has 0 aromatic heterocycles. The molecule has 1 N–H and O–H groups in total. The van der Waals surface area contributed by atoms with Crippen LogP contribution in [0.2, 0.25) is 0 Å². The molecule has 0 aliphatic rings. The standard InChI is InChI=1S/C12H13NO4/c1-2-16-11-7-9(8-13)3-4-10(11)17-6-5-12(14)15/h3-4,7H,2,5-6H2,1H3,(H,14,15). The molecule has 5 nitrogen and oxygen atoms in total. The van der Waals surface area contributed by atoms with E-state index in [2.05, 4.69) is 0 Å². The molecule has 90 valence electrons. The highest BCUT2D eigenvalue weighted by Crippen LogP contribution is 2.28. The average Bonchev–Trinajstić information content (AvgIpc) is 2.31. The molecule has 17 heavy (non-hydrogen) atoms. The number of nitrogens with zero attached hydrogens (tertiary/aromatic N) is 1. The SMILES string of the molecule is CCOc1cc(C#N)ccc1OCCC(=O)O. The Bertz CT molecular complexity index is 437. The van der Waals surface area contributed by atoms with Crippen LogP contribution in [0.5, 0.6) is 11.5 Å². The number of benzene rings is 1. The summed E-state index contributed by atoms with van der Waals surface area (Å²) < 4.78 is 10.6. The minimum absolute atomic E-state index is 0.0707. The molecular weight excluding hydrogens is 222 g/mol. The fourth-order valence-electron chi connectivity index (χ4n) is 1.21. The predicted octanol–water partition coefficient (Wildman–Crippen LogP) is 1.81. The van der Waals surface area contributed by atoms with Gasteiger partial charge in [0.15, 0.2) is 11.5 Å². The minimum atomic E-state index is -0.920. The third-order valence-corrected chi connectivity index (χ3v) is 1.95. The van der Waals surface area contributed by atoms with Crippen LogP contribution in [-0.2, 0) is 4.79 Å². The fourth-order valence-corrected chi connectivity index (χ4v) is 1.21. The van der Waals surface area contributed by atoms with Gasteiger partial charge in [0, 0.05) is 6.07 Å². The Hall–Kier alpha value is -2.22. The summed E-state index contributed by atoms with van der Waals surface area (Å²) in [5.74, 6) is -0.0133. The molecule has 1 rings (SSSR count). The van der Waals surface area contributed by atoms with E-state index in [4.69, 9.17) is 19.8 Å². The molecule has 0 heterocycles. The van der Waals surface area contributed by atoms with Crippen molar-refractivity contribution < 1.29 is 19.4 Å². The van der Waals surface area contributed by atoms with Gasteiger partial charge in [-0.25, -0.2) is 0 Å². The van der Waals surface area contributed by atoms with Crippen molar-refractivity contribution >= 4 is 5.97 Å². The van der Waals surface area contributed by atoms with E-state index in [9.17, 15) is 4.79 Å². The molecule has 0 atom stereocenters. The van der Waals surface area contributed by atoms with Crippen molar-refractivity contribution in [2.75, 3.05) is 13.2 Å². The number of carbonyl (C=O) groups is 1. The van der Waals surface area contributed by atoms with Crippen LogP contribution in [0.25, 0.3) is 0 Å². The van der Waals surface area contributed by atoms with Crippen molar-refractivity contribution in [1.29, 1.82) is 5.26 Å². The van der Waals surface area contributed by atoms with Crippen LogP contribution in [0.15, 0.2) is 18.2 Å². The zero-order chi connectivity index (χ0) is 12.7. The molecule has 0 unspecified atom stereocenters. The summed E-state index contributed by atoms with van der Waals surface area (Å²) in [5.41, 5.74) is 0.471. The fraction of sp³-hybridized carbons (Fsp3) is 0.333. The number of ether oxygens (including phenoxy) is 2. The number of nitriles is 1. The van der Waals surface area contributed by atoms with Crippen LogP contribution in [-0.4, -0.2) is 24.3 Å². The van der Waals surface area contributed by atoms with Gasteiger partial charge in [0.1, 0.15) is 0 Å². The molecule has 1 aromatic rings. The highest BCUT2D eigenvalue weighted by molar-refractivity contribution is 5.66. The van der Waals surface area contributed by atoms with E-state index in [1.165, 1.54) is 0 Å². The molecule has 0 saturated heterocycles. The molecule has 0 radical (unpaired) electrons. The van der Waals surface area contributed by atoms with Crippen molar-refractivity contribution in [3.63, 3.8) is 0 Å². The summed E-state index contributed by atoms with van der Waals surface area (Å²) in [4.78, 5) is 10.3. The zero-order valence-electron chi connectivity index (χ0n) is 9.47. The molecule has 0 bridgehead atoms. The molecule has 0 amide bonds. The second-order valence-corrected chi connectivity index (χ2v) is 3.20. The summed E-state index contributed by atoms with van der Waals surface area (Å²) in [7, 11) is 0. The monoisotopic (exact) mass is 235 g/mol. The number of carboxylic acids is 1. The third kappa shape index (κ3) is 4.03.